The second kappa shape index (κ2) is 8.95. The van der Waals surface area contributed by atoms with Gasteiger partial charge < -0.3 is 9.47 Å². The molecule has 6 heteroatoms. The molecule has 1 fully saturated rings. The summed E-state index contributed by atoms with van der Waals surface area (Å²) in [5, 5.41) is 0. The van der Waals surface area contributed by atoms with Gasteiger partial charge in [0.25, 0.3) is 0 Å². The highest BCUT2D eigenvalue weighted by atomic mass is 19.2. The van der Waals surface area contributed by atoms with Gasteiger partial charge in [0.1, 0.15) is 0 Å². The minimum Gasteiger partial charge on any atom is -0.491 e. The van der Waals surface area contributed by atoms with E-state index in [9.17, 15) is 17.6 Å². The molecular formula is C22H24F4O2. The molecule has 1 aliphatic carbocycles. The van der Waals surface area contributed by atoms with Gasteiger partial charge in [-0.2, -0.15) is 4.39 Å². The van der Waals surface area contributed by atoms with E-state index in [4.69, 9.17) is 9.47 Å². The molecule has 1 aliphatic rings. The molecule has 28 heavy (non-hydrogen) atoms. The molecule has 2 aromatic carbocycles. The third-order valence-corrected chi connectivity index (χ3v) is 5.32. The topological polar surface area (TPSA) is 18.5 Å². The lowest BCUT2D eigenvalue weighted by Crippen LogP contribution is -2.21. The Hall–Kier alpha value is -2.08. The standard InChI is InChI=1S/C22H24F4O2/c1-3-27-18-11-10-17(21(25)22(18)26)14-6-8-16(9-7-14)28-12-15-5-4-13(2)19(23)20(15)24/h4-5,10-11,14,16H,3,6-9,12H2,1-2H3. The molecule has 0 aromatic heterocycles. The molecule has 0 saturated heterocycles. The van der Waals surface area contributed by atoms with E-state index in [2.05, 4.69) is 0 Å². The van der Waals surface area contributed by atoms with Crippen LogP contribution in [0.4, 0.5) is 17.6 Å². The molecule has 0 atom stereocenters. The fourth-order valence-electron chi connectivity index (χ4n) is 3.67. The molecule has 0 amide bonds. The van der Waals surface area contributed by atoms with Gasteiger partial charge in [0, 0.05) is 5.56 Å². The Balaban J connectivity index is 1.58. The third kappa shape index (κ3) is 4.32. The summed E-state index contributed by atoms with van der Waals surface area (Å²) in [4.78, 5) is 0. The third-order valence-electron chi connectivity index (χ3n) is 5.32. The molecule has 1 saturated carbocycles. The molecule has 3 rings (SSSR count). The van der Waals surface area contributed by atoms with Crippen LogP contribution in [0.1, 0.15) is 55.2 Å². The Morgan fingerprint density at radius 1 is 0.857 bits per heavy atom. The van der Waals surface area contributed by atoms with Gasteiger partial charge in [-0.1, -0.05) is 18.2 Å². The maximum absolute atomic E-state index is 14.4. The molecular weight excluding hydrogens is 372 g/mol. The first-order valence-corrected chi connectivity index (χ1v) is 9.58. The first-order chi connectivity index (χ1) is 13.4. The molecule has 0 N–H and O–H groups in total. The summed E-state index contributed by atoms with van der Waals surface area (Å²) in [7, 11) is 0. The Bertz CT molecular complexity index is 830. The first-order valence-electron chi connectivity index (χ1n) is 9.58. The van der Waals surface area contributed by atoms with E-state index >= 15 is 0 Å². The summed E-state index contributed by atoms with van der Waals surface area (Å²) < 4.78 is 66.9. The number of aryl methyl sites for hydroxylation is 1. The minimum absolute atomic E-state index is 0.00951. The van der Waals surface area contributed by atoms with Crippen LogP contribution >= 0.6 is 0 Å². The van der Waals surface area contributed by atoms with Gasteiger partial charge in [0.2, 0.25) is 5.82 Å². The van der Waals surface area contributed by atoms with Gasteiger partial charge in [-0.15, -0.1) is 0 Å². The van der Waals surface area contributed by atoms with Crippen molar-refractivity contribution in [3.63, 3.8) is 0 Å². The van der Waals surface area contributed by atoms with Crippen LogP contribution < -0.4 is 4.74 Å². The van der Waals surface area contributed by atoms with Gasteiger partial charge in [0.05, 0.1) is 19.3 Å². The summed E-state index contributed by atoms with van der Waals surface area (Å²) in [6, 6.07) is 6.10. The zero-order valence-corrected chi connectivity index (χ0v) is 16.0. The lowest BCUT2D eigenvalue weighted by atomic mass is 9.82. The van der Waals surface area contributed by atoms with Crippen molar-refractivity contribution >= 4 is 0 Å². The number of hydrogen-bond donors (Lipinski definition) is 0. The maximum atomic E-state index is 14.4. The van der Waals surface area contributed by atoms with Crippen molar-refractivity contribution in [3.05, 3.63) is 64.2 Å². The summed E-state index contributed by atoms with van der Waals surface area (Å²) in [6.07, 6.45) is 2.46. The van der Waals surface area contributed by atoms with Crippen LogP contribution in [0.15, 0.2) is 24.3 Å². The summed E-state index contributed by atoms with van der Waals surface area (Å²) >= 11 is 0. The molecule has 0 unspecified atom stereocenters. The SMILES string of the molecule is CCOc1ccc(C2CCC(OCc3ccc(C)c(F)c3F)CC2)c(F)c1F. The van der Waals surface area contributed by atoms with Gasteiger partial charge in [0.15, 0.2) is 23.2 Å². The number of halogens is 4. The zero-order valence-electron chi connectivity index (χ0n) is 16.0. The second-order valence-electron chi connectivity index (χ2n) is 7.17. The highest BCUT2D eigenvalue weighted by molar-refractivity contribution is 5.33. The van der Waals surface area contributed by atoms with Gasteiger partial charge >= 0.3 is 0 Å². The van der Waals surface area contributed by atoms with E-state index < -0.39 is 23.3 Å². The quantitative estimate of drug-likeness (QED) is 0.542. The fourth-order valence-corrected chi connectivity index (χ4v) is 3.67. The van der Waals surface area contributed by atoms with E-state index in [-0.39, 0.29) is 42.1 Å². The highest BCUT2D eigenvalue weighted by Crippen LogP contribution is 2.37. The van der Waals surface area contributed by atoms with Crippen molar-refractivity contribution in [3.8, 4) is 5.75 Å². The van der Waals surface area contributed by atoms with Crippen LogP contribution in [-0.2, 0) is 11.3 Å². The maximum Gasteiger partial charge on any atom is 0.200 e. The van der Waals surface area contributed by atoms with Crippen molar-refractivity contribution in [2.75, 3.05) is 6.61 Å². The Labute approximate surface area is 162 Å². The van der Waals surface area contributed by atoms with E-state index in [0.717, 1.165) is 0 Å². The van der Waals surface area contributed by atoms with Crippen molar-refractivity contribution < 1.29 is 27.0 Å². The first kappa shape index (κ1) is 20.6. The summed E-state index contributed by atoms with van der Waals surface area (Å²) in [5.74, 6) is -3.70. The fraction of sp³-hybridized carbons (Fsp3) is 0.455. The van der Waals surface area contributed by atoms with E-state index in [1.165, 1.54) is 25.1 Å². The number of benzene rings is 2. The monoisotopic (exact) mass is 396 g/mol. The van der Waals surface area contributed by atoms with Crippen molar-refractivity contribution in [2.24, 2.45) is 0 Å². The van der Waals surface area contributed by atoms with Crippen molar-refractivity contribution in [1.29, 1.82) is 0 Å². The normalized spacial score (nSPS) is 19.6. The smallest absolute Gasteiger partial charge is 0.200 e. The van der Waals surface area contributed by atoms with E-state index in [0.29, 0.717) is 31.2 Å². The molecule has 0 radical (unpaired) electrons. The van der Waals surface area contributed by atoms with Gasteiger partial charge in [-0.05, 0) is 62.6 Å². The highest BCUT2D eigenvalue weighted by Gasteiger charge is 2.27. The Kier molecular flexibility index (Phi) is 6.60. The predicted octanol–water partition coefficient (Wildman–Crippen LogP) is 6.19. The van der Waals surface area contributed by atoms with Crippen LogP contribution in [0.3, 0.4) is 0 Å². The van der Waals surface area contributed by atoms with E-state index in [1.807, 2.05) is 0 Å². The summed E-state index contributed by atoms with van der Waals surface area (Å²) in [6.45, 7) is 3.48. The molecule has 0 spiro atoms. The lowest BCUT2D eigenvalue weighted by Gasteiger charge is -2.29. The van der Waals surface area contributed by atoms with Crippen LogP contribution in [0.25, 0.3) is 0 Å². The van der Waals surface area contributed by atoms with Crippen LogP contribution in [-0.4, -0.2) is 12.7 Å². The van der Waals surface area contributed by atoms with Gasteiger partial charge in [-0.3, -0.25) is 0 Å². The molecule has 2 aromatic rings. The molecule has 0 aliphatic heterocycles. The van der Waals surface area contributed by atoms with Gasteiger partial charge in [-0.25, -0.2) is 13.2 Å². The Morgan fingerprint density at radius 2 is 1.57 bits per heavy atom. The van der Waals surface area contributed by atoms with Crippen LogP contribution in [0.2, 0.25) is 0 Å². The molecule has 0 heterocycles. The summed E-state index contributed by atoms with van der Waals surface area (Å²) in [5.41, 5.74) is 0.794. The number of hydrogen-bond acceptors (Lipinski definition) is 2. The Morgan fingerprint density at radius 3 is 2.25 bits per heavy atom. The van der Waals surface area contributed by atoms with Crippen LogP contribution in [0.5, 0.6) is 5.75 Å². The zero-order chi connectivity index (χ0) is 20.3. The minimum atomic E-state index is -0.949. The van der Waals surface area contributed by atoms with E-state index in [1.54, 1.807) is 13.0 Å². The molecule has 2 nitrogen and oxygen atoms in total. The average Bonchev–Trinajstić information content (AvgIpc) is 2.70. The predicted molar refractivity (Wildman–Crippen MR) is 98.4 cm³/mol. The average molecular weight is 396 g/mol. The van der Waals surface area contributed by atoms with Crippen molar-refractivity contribution in [1.82, 2.24) is 0 Å². The molecule has 152 valence electrons. The number of ether oxygens (including phenoxy) is 2. The second-order valence-corrected chi connectivity index (χ2v) is 7.17. The largest absolute Gasteiger partial charge is 0.491 e. The number of rotatable bonds is 6. The van der Waals surface area contributed by atoms with Crippen molar-refractivity contribution in [2.45, 2.75) is 58.2 Å². The lowest BCUT2D eigenvalue weighted by molar-refractivity contribution is 0.0116. The van der Waals surface area contributed by atoms with Crippen LogP contribution in [0, 0.1) is 30.2 Å². The molecule has 0 bridgehead atoms.